The summed E-state index contributed by atoms with van der Waals surface area (Å²) < 4.78 is 0. The first kappa shape index (κ1) is 16.0. The average molecular weight is 329 g/mol. The number of carbonyl (C=O) groups is 1. The topological polar surface area (TPSA) is 41.1 Å². The summed E-state index contributed by atoms with van der Waals surface area (Å²) in [4.78, 5) is 12.2. The largest absolute Gasteiger partial charge is 0.352 e. The van der Waals surface area contributed by atoms with Crippen LogP contribution in [0.1, 0.15) is 29.6 Å². The number of benzene rings is 2. The van der Waals surface area contributed by atoms with E-state index in [1.54, 1.807) is 0 Å². The summed E-state index contributed by atoms with van der Waals surface area (Å²) in [6, 6.07) is 15.9. The highest BCUT2D eigenvalue weighted by molar-refractivity contribution is 6.30. The Bertz CT molecular complexity index is 646. The molecule has 1 aliphatic rings. The monoisotopic (exact) mass is 328 g/mol. The van der Waals surface area contributed by atoms with Gasteiger partial charge in [0.25, 0.3) is 5.91 Å². The molecule has 2 N–H and O–H groups in total. The summed E-state index contributed by atoms with van der Waals surface area (Å²) in [7, 11) is 0. The minimum absolute atomic E-state index is 0.00865. The number of nitrogens with one attached hydrogen (secondary N) is 2. The van der Waals surface area contributed by atoms with Crippen molar-refractivity contribution in [1.29, 1.82) is 0 Å². The van der Waals surface area contributed by atoms with Crippen molar-refractivity contribution in [3.05, 3.63) is 59.1 Å². The fourth-order valence-corrected chi connectivity index (χ4v) is 3.05. The quantitative estimate of drug-likeness (QED) is 0.874. The van der Waals surface area contributed by atoms with Crippen LogP contribution in [0.4, 0.5) is 0 Å². The Morgan fingerprint density at radius 3 is 2.35 bits per heavy atom. The van der Waals surface area contributed by atoms with Gasteiger partial charge < -0.3 is 10.6 Å². The molecule has 1 fully saturated rings. The van der Waals surface area contributed by atoms with Gasteiger partial charge in [-0.05, 0) is 61.2 Å². The van der Waals surface area contributed by atoms with Gasteiger partial charge in [-0.3, -0.25) is 4.79 Å². The third-order valence-electron chi connectivity index (χ3n) is 4.27. The zero-order valence-electron chi connectivity index (χ0n) is 13.0. The third-order valence-corrected chi connectivity index (χ3v) is 4.52. The number of carbonyl (C=O) groups excluding carboxylic acids is 1. The maximum Gasteiger partial charge on any atom is 0.251 e. The van der Waals surface area contributed by atoms with Crippen LogP contribution < -0.4 is 10.6 Å². The Labute approximate surface area is 142 Å². The van der Waals surface area contributed by atoms with E-state index in [1.807, 2.05) is 48.5 Å². The molecule has 0 unspecified atom stereocenters. The second-order valence-electron chi connectivity index (χ2n) is 5.92. The first-order chi connectivity index (χ1) is 11.2. The standard InChI is InChI=1S/C19H21ClN2O/c20-17-9-7-15(8-10-17)14-3-5-16(6-4-14)19(23)22-13-11-18-2-1-12-21-18/h3-10,18,21H,1-2,11-13H2,(H,22,23)/t18-/m1/s1. The molecule has 2 aromatic carbocycles. The van der Waals surface area contributed by atoms with Crippen LogP contribution in [0.5, 0.6) is 0 Å². The SMILES string of the molecule is O=C(NCC[C@H]1CCCN1)c1ccc(-c2ccc(Cl)cc2)cc1. The van der Waals surface area contributed by atoms with Gasteiger partial charge in [0.1, 0.15) is 0 Å². The molecule has 2 aromatic rings. The normalized spacial score (nSPS) is 17.2. The van der Waals surface area contributed by atoms with Gasteiger partial charge in [0.05, 0.1) is 0 Å². The molecule has 0 spiro atoms. The molecular formula is C19H21ClN2O. The molecule has 0 saturated carbocycles. The van der Waals surface area contributed by atoms with Crippen LogP contribution in [0.25, 0.3) is 11.1 Å². The van der Waals surface area contributed by atoms with Crippen LogP contribution in [0.2, 0.25) is 5.02 Å². The van der Waals surface area contributed by atoms with Crippen LogP contribution in [-0.4, -0.2) is 25.0 Å². The van der Waals surface area contributed by atoms with Crippen LogP contribution in [0.3, 0.4) is 0 Å². The second kappa shape index (κ2) is 7.62. The highest BCUT2D eigenvalue weighted by Crippen LogP contribution is 2.21. The van der Waals surface area contributed by atoms with E-state index >= 15 is 0 Å². The summed E-state index contributed by atoms with van der Waals surface area (Å²) >= 11 is 5.90. The molecule has 3 rings (SSSR count). The molecule has 120 valence electrons. The van der Waals surface area contributed by atoms with Crippen molar-refractivity contribution >= 4 is 17.5 Å². The summed E-state index contributed by atoms with van der Waals surface area (Å²) in [6.07, 6.45) is 3.45. The molecule has 1 aliphatic heterocycles. The van der Waals surface area contributed by atoms with E-state index in [2.05, 4.69) is 10.6 Å². The fourth-order valence-electron chi connectivity index (χ4n) is 2.92. The van der Waals surface area contributed by atoms with Gasteiger partial charge in [0, 0.05) is 23.2 Å². The highest BCUT2D eigenvalue weighted by atomic mass is 35.5. The van der Waals surface area contributed by atoms with Gasteiger partial charge in [0.2, 0.25) is 0 Å². The van der Waals surface area contributed by atoms with Gasteiger partial charge in [-0.25, -0.2) is 0 Å². The molecule has 0 radical (unpaired) electrons. The van der Waals surface area contributed by atoms with E-state index < -0.39 is 0 Å². The van der Waals surface area contributed by atoms with Crippen LogP contribution >= 0.6 is 11.6 Å². The maximum absolute atomic E-state index is 12.2. The van der Waals surface area contributed by atoms with Crippen molar-refractivity contribution in [3.8, 4) is 11.1 Å². The zero-order chi connectivity index (χ0) is 16.1. The Kier molecular flexibility index (Phi) is 5.31. The lowest BCUT2D eigenvalue weighted by Gasteiger charge is -2.11. The molecule has 4 heteroatoms. The van der Waals surface area contributed by atoms with E-state index in [1.165, 1.54) is 12.8 Å². The summed E-state index contributed by atoms with van der Waals surface area (Å²) in [5.74, 6) is -0.00865. The van der Waals surface area contributed by atoms with Crippen LogP contribution in [-0.2, 0) is 0 Å². The molecule has 0 bridgehead atoms. The Morgan fingerprint density at radius 2 is 1.74 bits per heavy atom. The predicted octanol–water partition coefficient (Wildman–Crippen LogP) is 3.88. The lowest BCUT2D eigenvalue weighted by molar-refractivity contribution is 0.0952. The van der Waals surface area contributed by atoms with Crippen LogP contribution in [0.15, 0.2) is 48.5 Å². The van der Waals surface area contributed by atoms with Gasteiger partial charge >= 0.3 is 0 Å². The molecule has 0 aromatic heterocycles. The number of rotatable bonds is 5. The molecule has 23 heavy (non-hydrogen) atoms. The Balaban J connectivity index is 1.55. The van der Waals surface area contributed by atoms with Gasteiger partial charge in [-0.1, -0.05) is 35.9 Å². The molecule has 1 atom stereocenters. The Hall–Kier alpha value is -1.84. The number of hydrogen-bond acceptors (Lipinski definition) is 2. The van der Waals surface area contributed by atoms with Gasteiger partial charge in [0.15, 0.2) is 0 Å². The number of amides is 1. The first-order valence-corrected chi connectivity index (χ1v) is 8.48. The first-order valence-electron chi connectivity index (χ1n) is 8.10. The van der Waals surface area contributed by atoms with E-state index in [9.17, 15) is 4.79 Å². The minimum atomic E-state index is -0.00865. The van der Waals surface area contributed by atoms with Crippen molar-refractivity contribution in [2.75, 3.05) is 13.1 Å². The third kappa shape index (κ3) is 4.34. The van der Waals surface area contributed by atoms with Gasteiger partial charge in [-0.2, -0.15) is 0 Å². The molecule has 1 amide bonds. The van der Waals surface area contributed by atoms with Crippen molar-refractivity contribution < 1.29 is 4.79 Å². The molecule has 0 aliphatic carbocycles. The van der Waals surface area contributed by atoms with Crippen LogP contribution in [0, 0.1) is 0 Å². The van der Waals surface area contributed by atoms with Crippen molar-refractivity contribution in [2.24, 2.45) is 0 Å². The molecule has 3 nitrogen and oxygen atoms in total. The van der Waals surface area contributed by atoms with E-state index in [-0.39, 0.29) is 5.91 Å². The van der Waals surface area contributed by atoms with Crippen molar-refractivity contribution in [3.63, 3.8) is 0 Å². The predicted molar refractivity (Wildman–Crippen MR) is 94.9 cm³/mol. The second-order valence-corrected chi connectivity index (χ2v) is 6.36. The lowest BCUT2D eigenvalue weighted by Crippen LogP contribution is -2.30. The summed E-state index contributed by atoms with van der Waals surface area (Å²) in [5, 5.41) is 7.16. The minimum Gasteiger partial charge on any atom is -0.352 e. The highest BCUT2D eigenvalue weighted by Gasteiger charge is 2.14. The van der Waals surface area contributed by atoms with E-state index in [4.69, 9.17) is 11.6 Å². The number of halogens is 1. The van der Waals surface area contributed by atoms with Crippen molar-refractivity contribution in [1.82, 2.24) is 10.6 Å². The average Bonchev–Trinajstić information content (AvgIpc) is 3.09. The molecule has 1 saturated heterocycles. The van der Waals surface area contributed by atoms with Gasteiger partial charge in [-0.15, -0.1) is 0 Å². The van der Waals surface area contributed by atoms with Crippen molar-refractivity contribution in [2.45, 2.75) is 25.3 Å². The summed E-state index contributed by atoms with van der Waals surface area (Å²) in [5.41, 5.74) is 2.86. The fraction of sp³-hybridized carbons (Fsp3) is 0.316. The number of hydrogen-bond donors (Lipinski definition) is 2. The molecular weight excluding hydrogens is 308 g/mol. The zero-order valence-corrected chi connectivity index (χ0v) is 13.8. The smallest absolute Gasteiger partial charge is 0.251 e. The van der Waals surface area contributed by atoms with E-state index in [0.29, 0.717) is 11.6 Å². The lowest BCUT2D eigenvalue weighted by atomic mass is 10.0. The van der Waals surface area contributed by atoms with E-state index in [0.717, 1.165) is 35.7 Å². The Morgan fingerprint density at radius 1 is 1.09 bits per heavy atom. The maximum atomic E-state index is 12.2. The molecule has 1 heterocycles. The summed E-state index contributed by atoms with van der Waals surface area (Å²) in [6.45, 7) is 1.82.